The highest BCUT2D eigenvalue weighted by Crippen LogP contribution is 2.18. The summed E-state index contributed by atoms with van der Waals surface area (Å²) in [5, 5.41) is 13.6. The van der Waals surface area contributed by atoms with Crippen LogP contribution in [0.4, 0.5) is 4.79 Å². The molecule has 0 aliphatic carbocycles. The van der Waals surface area contributed by atoms with Crippen LogP contribution in [0.1, 0.15) is 17.0 Å². The maximum atomic E-state index is 12.1. The first-order chi connectivity index (χ1) is 13.3. The summed E-state index contributed by atoms with van der Waals surface area (Å²) in [6.07, 6.45) is 2.85. The molecule has 9 nitrogen and oxygen atoms in total. The van der Waals surface area contributed by atoms with E-state index in [0.717, 1.165) is 11.4 Å². The van der Waals surface area contributed by atoms with Crippen molar-refractivity contribution in [3.63, 3.8) is 0 Å². The molecule has 0 atom stereocenters. The Bertz CT molecular complexity index is 817. The Morgan fingerprint density at radius 1 is 1.36 bits per heavy atom. The number of methoxy groups -OCH3 is 1. The molecular formula is C19H24N4O5. The molecule has 0 unspecified atom stereocenters. The quantitative estimate of drug-likeness (QED) is 0.284. The lowest BCUT2D eigenvalue weighted by Crippen LogP contribution is -2.41. The number of esters is 1. The van der Waals surface area contributed by atoms with Crippen LogP contribution >= 0.6 is 0 Å². The summed E-state index contributed by atoms with van der Waals surface area (Å²) in [4.78, 5) is 35.0. The van der Waals surface area contributed by atoms with E-state index in [-0.39, 0.29) is 12.1 Å². The van der Waals surface area contributed by atoms with Gasteiger partial charge in [0.1, 0.15) is 11.6 Å². The highest BCUT2D eigenvalue weighted by molar-refractivity contribution is 6.00. The molecule has 0 aromatic carbocycles. The summed E-state index contributed by atoms with van der Waals surface area (Å²) >= 11 is 0. The molecule has 0 saturated carbocycles. The number of nitriles is 1. The Morgan fingerprint density at radius 2 is 2.07 bits per heavy atom. The van der Waals surface area contributed by atoms with Crippen molar-refractivity contribution in [2.24, 2.45) is 0 Å². The molecule has 0 fully saturated rings. The van der Waals surface area contributed by atoms with E-state index < -0.39 is 24.5 Å². The van der Waals surface area contributed by atoms with Crippen molar-refractivity contribution in [3.05, 3.63) is 41.2 Å². The average molecular weight is 388 g/mol. The number of amides is 3. The molecule has 28 heavy (non-hydrogen) atoms. The summed E-state index contributed by atoms with van der Waals surface area (Å²) < 4.78 is 11.9. The maximum absolute atomic E-state index is 12.1. The zero-order chi connectivity index (χ0) is 21.1. The van der Waals surface area contributed by atoms with Gasteiger partial charge in [0.25, 0.3) is 5.91 Å². The van der Waals surface area contributed by atoms with Gasteiger partial charge >= 0.3 is 12.0 Å². The minimum Gasteiger partial charge on any atom is -0.451 e. The second kappa shape index (κ2) is 11.4. The lowest BCUT2D eigenvalue weighted by molar-refractivity contribution is -0.144. The molecule has 9 heteroatoms. The van der Waals surface area contributed by atoms with Crippen LogP contribution in [0.2, 0.25) is 0 Å². The first kappa shape index (κ1) is 22.7. The molecule has 1 rings (SSSR count). The fourth-order valence-corrected chi connectivity index (χ4v) is 2.37. The van der Waals surface area contributed by atoms with E-state index in [1.54, 1.807) is 13.2 Å². The van der Waals surface area contributed by atoms with Gasteiger partial charge in [0.2, 0.25) is 0 Å². The Morgan fingerprint density at radius 3 is 2.68 bits per heavy atom. The molecule has 0 aliphatic heterocycles. The summed E-state index contributed by atoms with van der Waals surface area (Å²) in [7, 11) is 1.61. The fourth-order valence-electron chi connectivity index (χ4n) is 2.37. The molecule has 1 heterocycles. The minimum absolute atomic E-state index is 0.184. The average Bonchev–Trinajstić information content (AvgIpc) is 2.93. The summed E-state index contributed by atoms with van der Waals surface area (Å²) in [6.45, 7) is 7.86. The monoisotopic (exact) mass is 388 g/mol. The van der Waals surface area contributed by atoms with Gasteiger partial charge in [-0.1, -0.05) is 6.08 Å². The number of urea groups is 1. The highest BCUT2D eigenvalue weighted by Gasteiger charge is 2.16. The number of aryl methyl sites for hydroxylation is 1. The maximum Gasteiger partial charge on any atom is 0.349 e. The highest BCUT2D eigenvalue weighted by atomic mass is 16.5. The standard InChI is InChI=1S/C19H24N4O5/c1-5-6-21-19(26)22-17(24)12-28-18(25)16(11-20)10-15-9-13(2)23(14(15)3)7-8-27-4/h5,9-10H,1,6-8,12H2,2-4H3,(H2,21,22,24,26)/b16-10+. The van der Waals surface area contributed by atoms with E-state index in [2.05, 4.69) is 11.9 Å². The van der Waals surface area contributed by atoms with Gasteiger partial charge in [0, 0.05) is 31.6 Å². The number of nitrogens with one attached hydrogen (secondary N) is 2. The predicted octanol–water partition coefficient (Wildman–Crippen LogP) is 1.21. The number of imide groups is 1. The normalized spacial score (nSPS) is 10.7. The van der Waals surface area contributed by atoms with Gasteiger partial charge < -0.3 is 19.4 Å². The van der Waals surface area contributed by atoms with E-state index in [1.165, 1.54) is 12.2 Å². The van der Waals surface area contributed by atoms with Crippen molar-refractivity contribution < 1.29 is 23.9 Å². The molecule has 0 spiro atoms. The number of nitrogens with zero attached hydrogens (tertiary/aromatic N) is 2. The second-order valence-electron chi connectivity index (χ2n) is 5.76. The fraction of sp³-hybridized carbons (Fsp3) is 0.368. The minimum atomic E-state index is -0.953. The van der Waals surface area contributed by atoms with Gasteiger partial charge in [0.15, 0.2) is 6.61 Å². The van der Waals surface area contributed by atoms with Gasteiger partial charge in [-0.3, -0.25) is 10.1 Å². The van der Waals surface area contributed by atoms with Crippen LogP contribution in [-0.4, -0.2) is 49.3 Å². The van der Waals surface area contributed by atoms with Crippen LogP contribution in [0.25, 0.3) is 6.08 Å². The first-order valence-corrected chi connectivity index (χ1v) is 8.47. The lowest BCUT2D eigenvalue weighted by atomic mass is 10.1. The molecule has 1 aromatic rings. The number of hydrogen-bond donors (Lipinski definition) is 2. The van der Waals surface area contributed by atoms with Crippen LogP contribution in [-0.2, 0) is 25.6 Å². The molecule has 0 bridgehead atoms. The Balaban J connectivity index is 2.76. The van der Waals surface area contributed by atoms with Crippen molar-refractivity contribution in [1.29, 1.82) is 5.26 Å². The summed E-state index contributed by atoms with van der Waals surface area (Å²) in [5.74, 6) is -1.77. The van der Waals surface area contributed by atoms with E-state index in [9.17, 15) is 19.6 Å². The number of carbonyl (C=O) groups is 3. The number of hydrogen-bond acceptors (Lipinski definition) is 6. The van der Waals surface area contributed by atoms with Crippen molar-refractivity contribution in [2.75, 3.05) is 26.9 Å². The third-order valence-corrected chi connectivity index (χ3v) is 3.77. The summed E-state index contributed by atoms with van der Waals surface area (Å²) in [5.41, 5.74) is 2.26. The number of aromatic nitrogens is 1. The first-order valence-electron chi connectivity index (χ1n) is 8.47. The van der Waals surface area contributed by atoms with Crippen molar-refractivity contribution in [1.82, 2.24) is 15.2 Å². The molecule has 150 valence electrons. The molecule has 0 aliphatic rings. The topological polar surface area (TPSA) is 122 Å². The van der Waals surface area contributed by atoms with Crippen LogP contribution < -0.4 is 10.6 Å². The zero-order valence-electron chi connectivity index (χ0n) is 16.2. The van der Waals surface area contributed by atoms with Gasteiger partial charge in [-0.05, 0) is 31.6 Å². The van der Waals surface area contributed by atoms with E-state index in [4.69, 9.17) is 9.47 Å². The predicted molar refractivity (Wildman–Crippen MR) is 102 cm³/mol. The van der Waals surface area contributed by atoms with Gasteiger partial charge in [-0.15, -0.1) is 6.58 Å². The molecule has 0 radical (unpaired) electrons. The van der Waals surface area contributed by atoms with Crippen LogP contribution in [0.5, 0.6) is 0 Å². The Kier molecular flexibility index (Phi) is 9.19. The lowest BCUT2D eigenvalue weighted by Gasteiger charge is -2.08. The largest absolute Gasteiger partial charge is 0.451 e. The van der Waals surface area contributed by atoms with E-state index >= 15 is 0 Å². The summed E-state index contributed by atoms with van der Waals surface area (Å²) in [6, 6.07) is 2.88. The third-order valence-electron chi connectivity index (χ3n) is 3.77. The van der Waals surface area contributed by atoms with Crippen molar-refractivity contribution in [3.8, 4) is 6.07 Å². The van der Waals surface area contributed by atoms with Crippen LogP contribution in [0.3, 0.4) is 0 Å². The van der Waals surface area contributed by atoms with Crippen LogP contribution in [0, 0.1) is 25.2 Å². The van der Waals surface area contributed by atoms with E-state index in [1.807, 2.05) is 29.8 Å². The zero-order valence-corrected chi connectivity index (χ0v) is 16.2. The Labute approximate surface area is 163 Å². The molecular weight excluding hydrogens is 364 g/mol. The van der Waals surface area contributed by atoms with Gasteiger partial charge in [-0.2, -0.15) is 5.26 Å². The van der Waals surface area contributed by atoms with Crippen LogP contribution in [0.15, 0.2) is 24.3 Å². The smallest absolute Gasteiger partial charge is 0.349 e. The van der Waals surface area contributed by atoms with Gasteiger partial charge in [0.05, 0.1) is 6.61 Å². The number of rotatable bonds is 9. The van der Waals surface area contributed by atoms with Crippen molar-refractivity contribution >= 4 is 24.0 Å². The third kappa shape index (κ3) is 6.74. The molecule has 1 aromatic heterocycles. The van der Waals surface area contributed by atoms with Crippen molar-refractivity contribution in [2.45, 2.75) is 20.4 Å². The SMILES string of the molecule is C=CCNC(=O)NC(=O)COC(=O)/C(C#N)=C/c1cc(C)n(CCOC)c1C. The molecule has 0 saturated heterocycles. The number of carbonyl (C=O) groups excluding carboxylic acids is 3. The Hall–Kier alpha value is -3.38. The molecule has 3 amide bonds. The van der Waals surface area contributed by atoms with Gasteiger partial charge in [-0.25, -0.2) is 9.59 Å². The molecule has 2 N–H and O–H groups in total. The number of ether oxygens (including phenoxy) is 2. The second-order valence-corrected chi connectivity index (χ2v) is 5.76. The van der Waals surface area contributed by atoms with E-state index in [0.29, 0.717) is 18.7 Å².